The fourth-order valence-corrected chi connectivity index (χ4v) is 1.88. The molecule has 84 valence electrons. The van der Waals surface area contributed by atoms with Crippen molar-refractivity contribution < 1.29 is 14.3 Å². The van der Waals surface area contributed by atoms with Gasteiger partial charge in [-0.05, 0) is 18.6 Å². The number of hydrogen-bond donors (Lipinski definition) is 0. The number of allylic oxidation sites excluding steroid dienone is 1. The number of hydrogen-bond acceptors (Lipinski definition) is 3. The zero-order valence-electron chi connectivity index (χ0n) is 9.17. The first-order valence-corrected chi connectivity index (χ1v) is 5.39. The van der Waals surface area contributed by atoms with Gasteiger partial charge in [0.15, 0.2) is 5.78 Å². The summed E-state index contributed by atoms with van der Waals surface area (Å²) < 4.78 is 5.10. The molecule has 1 aliphatic carbocycles. The van der Waals surface area contributed by atoms with Gasteiger partial charge in [-0.1, -0.05) is 13.8 Å². The van der Waals surface area contributed by atoms with Crippen LogP contribution in [0.5, 0.6) is 0 Å². The molecule has 3 nitrogen and oxygen atoms in total. The van der Waals surface area contributed by atoms with Crippen LogP contribution in [-0.4, -0.2) is 23.7 Å². The van der Waals surface area contributed by atoms with E-state index in [0.29, 0.717) is 12.0 Å². The molecule has 0 radical (unpaired) electrons. The van der Waals surface area contributed by atoms with Crippen LogP contribution in [-0.2, 0) is 14.3 Å². The van der Waals surface area contributed by atoms with E-state index in [4.69, 9.17) is 16.3 Å². The van der Waals surface area contributed by atoms with Crippen molar-refractivity contribution in [2.45, 2.75) is 33.3 Å². The van der Waals surface area contributed by atoms with Crippen LogP contribution in [0, 0.1) is 5.41 Å². The number of ether oxygens (including phenoxy) is 1. The standard InChI is InChI=1S/C11H15ClO3/c1-7-4-8(15-9(13)6-12)5-11(2,3)10(7)14/h4,8H,5-6H2,1-3H3/t8-/m1/s1. The van der Waals surface area contributed by atoms with E-state index < -0.39 is 11.4 Å². The van der Waals surface area contributed by atoms with Crippen molar-refractivity contribution >= 4 is 23.4 Å². The first kappa shape index (κ1) is 12.2. The van der Waals surface area contributed by atoms with E-state index in [1.165, 1.54) is 0 Å². The number of alkyl halides is 1. The van der Waals surface area contributed by atoms with Crippen molar-refractivity contribution in [2.75, 3.05) is 5.88 Å². The highest BCUT2D eigenvalue weighted by Crippen LogP contribution is 2.33. The van der Waals surface area contributed by atoms with Crippen LogP contribution < -0.4 is 0 Å². The molecule has 0 saturated heterocycles. The third-order valence-corrected chi connectivity index (χ3v) is 2.73. The maximum absolute atomic E-state index is 11.7. The third-order valence-electron chi connectivity index (χ3n) is 2.51. The Hall–Kier alpha value is -0.830. The number of rotatable bonds is 2. The van der Waals surface area contributed by atoms with Gasteiger partial charge < -0.3 is 4.74 Å². The molecule has 0 bridgehead atoms. The van der Waals surface area contributed by atoms with Crippen molar-refractivity contribution in [1.82, 2.24) is 0 Å². The van der Waals surface area contributed by atoms with E-state index in [9.17, 15) is 9.59 Å². The van der Waals surface area contributed by atoms with Crippen molar-refractivity contribution in [3.05, 3.63) is 11.6 Å². The van der Waals surface area contributed by atoms with Gasteiger partial charge in [0.1, 0.15) is 12.0 Å². The Kier molecular flexibility index (Phi) is 3.55. The highest BCUT2D eigenvalue weighted by atomic mass is 35.5. The molecule has 0 unspecified atom stereocenters. The minimum atomic E-state index is -0.462. The van der Waals surface area contributed by atoms with Crippen LogP contribution in [0.4, 0.5) is 0 Å². The topological polar surface area (TPSA) is 43.4 Å². The lowest BCUT2D eigenvalue weighted by Gasteiger charge is -2.31. The van der Waals surface area contributed by atoms with Gasteiger partial charge in [0.25, 0.3) is 0 Å². The summed E-state index contributed by atoms with van der Waals surface area (Å²) in [6, 6.07) is 0. The summed E-state index contributed by atoms with van der Waals surface area (Å²) in [5, 5.41) is 0. The second-order valence-corrected chi connectivity index (χ2v) is 4.70. The molecule has 1 atom stereocenters. The summed E-state index contributed by atoms with van der Waals surface area (Å²) in [5.74, 6) is -0.492. The molecule has 0 fully saturated rings. The number of ketones is 1. The summed E-state index contributed by atoms with van der Waals surface area (Å²) in [7, 11) is 0. The first-order chi connectivity index (χ1) is 6.86. The smallest absolute Gasteiger partial charge is 0.321 e. The molecule has 15 heavy (non-hydrogen) atoms. The van der Waals surface area contributed by atoms with Gasteiger partial charge in [-0.3, -0.25) is 9.59 Å². The summed E-state index contributed by atoms with van der Waals surface area (Å²) in [4.78, 5) is 22.7. The van der Waals surface area contributed by atoms with Crippen LogP contribution in [0.15, 0.2) is 11.6 Å². The molecule has 0 aromatic heterocycles. The molecule has 0 spiro atoms. The molecular formula is C11H15ClO3. The molecule has 0 heterocycles. The monoisotopic (exact) mass is 230 g/mol. The van der Waals surface area contributed by atoms with Crippen molar-refractivity contribution in [3.63, 3.8) is 0 Å². The van der Waals surface area contributed by atoms with Gasteiger partial charge in [0.05, 0.1) is 0 Å². The lowest BCUT2D eigenvalue weighted by atomic mass is 9.75. The largest absolute Gasteiger partial charge is 0.457 e. The molecule has 4 heteroatoms. The number of Topliss-reactive ketones (excluding diaryl/α,β-unsaturated/α-hetero) is 1. The molecule has 0 saturated carbocycles. The quantitative estimate of drug-likeness (QED) is 0.539. The molecule has 1 aliphatic rings. The number of carbonyl (C=O) groups excluding carboxylic acids is 2. The van der Waals surface area contributed by atoms with Crippen LogP contribution in [0.1, 0.15) is 27.2 Å². The summed E-state index contributed by atoms with van der Waals surface area (Å²) >= 11 is 5.35. The maximum atomic E-state index is 11.7. The average molecular weight is 231 g/mol. The minimum Gasteiger partial charge on any atom is -0.457 e. The average Bonchev–Trinajstić information content (AvgIpc) is 2.13. The Morgan fingerprint density at radius 2 is 2.27 bits per heavy atom. The Morgan fingerprint density at radius 3 is 2.73 bits per heavy atom. The van der Waals surface area contributed by atoms with E-state index in [2.05, 4.69) is 0 Å². The SMILES string of the molecule is CC1=C[C@@H](OC(=O)CCl)CC(C)(C)C1=O. The third kappa shape index (κ3) is 2.81. The second kappa shape index (κ2) is 4.35. The molecule has 0 aromatic rings. The van der Waals surface area contributed by atoms with Crippen LogP contribution in [0.3, 0.4) is 0 Å². The van der Waals surface area contributed by atoms with Gasteiger partial charge in [-0.2, -0.15) is 0 Å². The zero-order chi connectivity index (χ0) is 11.6. The Morgan fingerprint density at radius 1 is 1.67 bits per heavy atom. The minimum absolute atomic E-state index is 0.112. The van der Waals surface area contributed by atoms with Gasteiger partial charge in [-0.15, -0.1) is 11.6 Å². The van der Waals surface area contributed by atoms with Gasteiger partial charge >= 0.3 is 5.97 Å². The van der Waals surface area contributed by atoms with E-state index in [-0.39, 0.29) is 17.8 Å². The van der Waals surface area contributed by atoms with Crippen molar-refractivity contribution in [1.29, 1.82) is 0 Å². The molecule has 1 rings (SSSR count). The lowest BCUT2D eigenvalue weighted by Crippen LogP contribution is -2.36. The maximum Gasteiger partial charge on any atom is 0.321 e. The van der Waals surface area contributed by atoms with E-state index in [1.807, 2.05) is 13.8 Å². The fourth-order valence-electron chi connectivity index (χ4n) is 1.82. The summed E-state index contributed by atoms with van der Waals surface area (Å²) in [6.07, 6.45) is 1.88. The molecule has 0 aromatic carbocycles. The predicted octanol–water partition coefficient (Wildman–Crippen LogP) is 2.08. The predicted molar refractivity (Wildman–Crippen MR) is 57.8 cm³/mol. The first-order valence-electron chi connectivity index (χ1n) is 4.85. The zero-order valence-corrected chi connectivity index (χ0v) is 9.93. The highest BCUT2D eigenvalue weighted by molar-refractivity contribution is 6.26. The second-order valence-electron chi connectivity index (χ2n) is 4.43. The van der Waals surface area contributed by atoms with Crippen LogP contribution >= 0.6 is 11.6 Å². The number of esters is 1. The Labute approximate surface area is 94.4 Å². The van der Waals surface area contributed by atoms with E-state index in [1.54, 1.807) is 13.0 Å². The molecule has 0 amide bonds. The normalized spacial score (nSPS) is 24.7. The van der Waals surface area contributed by atoms with Crippen molar-refractivity contribution in [2.24, 2.45) is 5.41 Å². The Bertz CT molecular complexity index is 318. The summed E-state index contributed by atoms with van der Waals surface area (Å²) in [5.41, 5.74) is 0.189. The number of halogens is 1. The lowest BCUT2D eigenvalue weighted by molar-refractivity contribution is -0.147. The van der Waals surface area contributed by atoms with E-state index >= 15 is 0 Å². The van der Waals surface area contributed by atoms with Crippen molar-refractivity contribution in [3.8, 4) is 0 Å². The van der Waals surface area contributed by atoms with Gasteiger partial charge in [0.2, 0.25) is 0 Å². The van der Waals surface area contributed by atoms with Crippen LogP contribution in [0.2, 0.25) is 0 Å². The fraction of sp³-hybridized carbons (Fsp3) is 0.636. The highest BCUT2D eigenvalue weighted by Gasteiger charge is 2.36. The van der Waals surface area contributed by atoms with Gasteiger partial charge in [-0.25, -0.2) is 0 Å². The molecule has 0 N–H and O–H groups in total. The summed E-state index contributed by atoms with van der Waals surface area (Å²) in [6.45, 7) is 5.45. The van der Waals surface area contributed by atoms with Crippen LogP contribution in [0.25, 0.3) is 0 Å². The van der Waals surface area contributed by atoms with E-state index in [0.717, 1.165) is 0 Å². The van der Waals surface area contributed by atoms with Gasteiger partial charge in [0, 0.05) is 11.8 Å². The molecular weight excluding hydrogens is 216 g/mol. The molecule has 0 aliphatic heterocycles. The Balaban J connectivity index is 2.79. The number of carbonyl (C=O) groups is 2.